The van der Waals surface area contributed by atoms with Crippen molar-refractivity contribution in [1.82, 2.24) is 9.47 Å². The zero-order valence-electron chi connectivity index (χ0n) is 24.4. The highest BCUT2D eigenvalue weighted by molar-refractivity contribution is 6.34. The average Bonchev–Trinajstić information content (AvgIpc) is 3.41. The molecule has 3 atom stereocenters. The standard InChI is InChI=1S/C36H34ClN3O3/c1-19-26-9-12-30(19)40(18-26)36(42)25-8-10-27-20(2)34(43-33(27)16-25)32-15-24-6-5-23(14-31(24)39(32)17-21-3-4-21)22-7-11-28(35(38)41)29(37)13-22/h5-8,10-11,13-16,19,21,26,30H,3-4,9,12,17-18H2,1-2H3,(H2,38,41)/t19-,26?,30?/m1/s1. The first-order valence-corrected chi connectivity index (χ1v) is 15.7. The lowest BCUT2D eigenvalue weighted by molar-refractivity contribution is 0.0696. The van der Waals surface area contributed by atoms with Crippen molar-refractivity contribution in [3.63, 3.8) is 0 Å². The van der Waals surface area contributed by atoms with Crippen molar-refractivity contribution < 1.29 is 14.0 Å². The first-order chi connectivity index (χ1) is 20.8. The maximum Gasteiger partial charge on any atom is 0.254 e. The number of aromatic nitrogens is 1. The fourth-order valence-corrected chi connectivity index (χ4v) is 7.86. The summed E-state index contributed by atoms with van der Waals surface area (Å²) in [4.78, 5) is 27.3. The van der Waals surface area contributed by atoms with Gasteiger partial charge in [-0.05, 0) is 97.9 Å². The Labute approximate surface area is 255 Å². The summed E-state index contributed by atoms with van der Waals surface area (Å²) in [6, 6.07) is 20.3. The van der Waals surface area contributed by atoms with Gasteiger partial charge >= 0.3 is 0 Å². The highest BCUT2D eigenvalue weighted by atomic mass is 35.5. The topological polar surface area (TPSA) is 81.5 Å². The number of piperidine rings is 1. The summed E-state index contributed by atoms with van der Waals surface area (Å²) in [7, 11) is 0. The fourth-order valence-electron chi connectivity index (χ4n) is 7.58. The summed E-state index contributed by atoms with van der Waals surface area (Å²) in [5.74, 6) is 2.30. The van der Waals surface area contributed by atoms with Crippen LogP contribution in [0.1, 0.15) is 58.9 Å². The number of benzene rings is 3. The Morgan fingerprint density at radius 3 is 2.47 bits per heavy atom. The van der Waals surface area contributed by atoms with Gasteiger partial charge in [-0.3, -0.25) is 9.59 Å². The van der Waals surface area contributed by atoms with Crippen LogP contribution in [0.2, 0.25) is 5.02 Å². The third-order valence-corrected chi connectivity index (χ3v) is 10.6. The summed E-state index contributed by atoms with van der Waals surface area (Å²) in [6.45, 7) is 6.19. The summed E-state index contributed by atoms with van der Waals surface area (Å²) < 4.78 is 8.99. The normalized spacial score (nSPS) is 21.4. The summed E-state index contributed by atoms with van der Waals surface area (Å²) in [6.07, 6.45) is 4.80. The van der Waals surface area contributed by atoms with Crippen LogP contribution in [0.5, 0.6) is 0 Å². The fraction of sp³-hybridized carbons (Fsp3) is 0.333. The third-order valence-electron chi connectivity index (χ3n) is 10.3. The molecule has 3 fully saturated rings. The maximum absolute atomic E-state index is 13.6. The lowest BCUT2D eigenvalue weighted by Crippen LogP contribution is -2.38. The molecule has 2 aromatic heterocycles. The number of nitrogens with zero attached hydrogens (tertiary/aromatic N) is 2. The van der Waals surface area contributed by atoms with Crippen molar-refractivity contribution in [1.29, 1.82) is 0 Å². The van der Waals surface area contributed by atoms with Gasteiger partial charge in [0.05, 0.1) is 16.3 Å². The van der Waals surface area contributed by atoms with Crippen LogP contribution in [-0.2, 0) is 6.54 Å². The van der Waals surface area contributed by atoms with Crippen LogP contribution in [0.4, 0.5) is 0 Å². The number of rotatable bonds is 6. The number of aryl methyl sites for hydroxylation is 1. The van der Waals surface area contributed by atoms with E-state index in [1.807, 2.05) is 24.3 Å². The first kappa shape index (κ1) is 26.6. The van der Waals surface area contributed by atoms with Crippen LogP contribution in [0.3, 0.4) is 0 Å². The molecule has 0 spiro atoms. The largest absolute Gasteiger partial charge is 0.454 e. The van der Waals surface area contributed by atoms with Crippen molar-refractivity contribution >= 4 is 45.3 Å². The Morgan fingerprint density at radius 2 is 1.77 bits per heavy atom. The van der Waals surface area contributed by atoms with Crippen LogP contribution in [0.15, 0.2) is 65.1 Å². The SMILES string of the molecule is Cc1c(-c2cc3ccc(-c4ccc(C(N)=O)c(Cl)c4)cc3n2CC2CC2)oc2cc(C(=O)N3CC4CCC3[C@@H]4C)ccc12. The minimum Gasteiger partial charge on any atom is -0.454 e. The van der Waals surface area contributed by atoms with E-state index in [9.17, 15) is 9.59 Å². The Kier molecular flexibility index (Phi) is 6.03. The van der Waals surface area contributed by atoms with Crippen molar-refractivity contribution in [2.24, 2.45) is 23.5 Å². The molecule has 3 heterocycles. The van der Waals surface area contributed by atoms with Crippen molar-refractivity contribution in [3.05, 3.63) is 82.4 Å². The van der Waals surface area contributed by atoms with Crippen molar-refractivity contribution in [3.8, 4) is 22.6 Å². The first-order valence-electron chi connectivity index (χ1n) is 15.3. The van der Waals surface area contributed by atoms with E-state index in [4.69, 9.17) is 21.8 Å². The summed E-state index contributed by atoms with van der Waals surface area (Å²) >= 11 is 6.39. The number of primary amides is 1. The molecule has 43 heavy (non-hydrogen) atoms. The van der Waals surface area contributed by atoms with Crippen LogP contribution in [0, 0.1) is 24.7 Å². The molecule has 2 N–H and O–H groups in total. The van der Waals surface area contributed by atoms with E-state index >= 15 is 0 Å². The Morgan fingerprint density at radius 1 is 0.977 bits per heavy atom. The van der Waals surface area contributed by atoms with Gasteiger partial charge in [-0.1, -0.05) is 42.8 Å². The lowest BCUT2D eigenvalue weighted by Gasteiger charge is -2.27. The van der Waals surface area contributed by atoms with Crippen LogP contribution in [0.25, 0.3) is 44.5 Å². The summed E-state index contributed by atoms with van der Waals surface area (Å²) in [5.41, 5.74) is 12.4. The third kappa shape index (κ3) is 4.29. The molecule has 8 rings (SSSR count). The molecular weight excluding hydrogens is 558 g/mol. The van der Waals surface area contributed by atoms with Gasteiger partial charge in [0.25, 0.3) is 5.91 Å². The Hall–Kier alpha value is -4.03. The number of carbonyl (C=O) groups is 2. The zero-order chi connectivity index (χ0) is 29.6. The van der Waals surface area contributed by atoms with Gasteiger partial charge in [0.1, 0.15) is 5.58 Å². The number of carbonyl (C=O) groups excluding carboxylic acids is 2. The van der Waals surface area contributed by atoms with E-state index in [1.165, 1.54) is 19.3 Å². The van der Waals surface area contributed by atoms with Crippen molar-refractivity contribution in [2.75, 3.05) is 6.54 Å². The molecule has 3 aromatic carbocycles. The molecular formula is C36H34ClN3O3. The van der Waals surface area contributed by atoms with E-state index in [2.05, 4.69) is 47.6 Å². The predicted octanol–water partition coefficient (Wildman–Crippen LogP) is 8.06. The number of likely N-dealkylation sites (tertiary alicyclic amines) is 1. The minimum absolute atomic E-state index is 0.121. The lowest BCUT2D eigenvalue weighted by atomic mass is 10.0. The van der Waals surface area contributed by atoms with E-state index in [1.54, 1.807) is 12.1 Å². The van der Waals surface area contributed by atoms with Crippen LogP contribution >= 0.6 is 11.6 Å². The minimum atomic E-state index is -0.537. The predicted molar refractivity (Wildman–Crippen MR) is 170 cm³/mol. The maximum atomic E-state index is 13.6. The Balaban J connectivity index is 1.19. The number of amides is 2. The van der Waals surface area contributed by atoms with Gasteiger partial charge in [-0.2, -0.15) is 0 Å². The monoisotopic (exact) mass is 591 g/mol. The van der Waals surface area contributed by atoms with Gasteiger partial charge in [0, 0.05) is 46.5 Å². The van der Waals surface area contributed by atoms with Gasteiger partial charge in [0.15, 0.2) is 5.76 Å². The highest BCUT2D eigenvalue weighted by Crippen LogP contribution is 2.44. The molecule has 7 heteroatoms. The molecule has 2 saturated carbocycles. The number of furan rings is 1. The number of nitrogens with two attached hydrogens (primary N) is 1. The molecule has 2 amide bonds. The van der Waals surface area contributed by atoms with E-state index in [0.29, 0.717) is 39.9 Å². The molecule has 2 unspecified atom stereocenters. The summed E-state index contributed by atoms with van der Waals surface area (Å²) in [5, 5.41) is 2.52. The number of fused-ring (bicyclic) bond motifs is 4. The molecule has 5 aromatic rings. The molecule has 3 aliphatic rings. The molecule has 1 saturated heterocycles. The average molecular weight is 592 g/mol. The molecule has 218 valence electrons. The van der Waals surface area contributed by atoms with Gasteiger partial charge in [-0.15, -0.1) is 0 Å². The second kappa shape index (κ2) is 9.75. The van der Waals surface area contributed by atoms with Gasteiger partial charge in [-0.25, -0.2) is 0 Å². The second-order valence-corrected chi connectivity index (χ2v) is 13.3. The van der Waals surface area contributed by atoms with Crippen LogP contribution < -0.4 is 5.73 Å². The quantitative estimate of drug-likeness (QED) is 0.217. The highest BCUT2D eigenvalue weighted by Gasteiger charge is 2.46. The van der Waals surface area contributed by atoms with Gasteiger partial charge in [0.2, 0.25) is 5.91 Å². The zero-order valence-corrected chi connectivity index (χ0v) is 25.2. The van der Waals surface area contributed by atoms with Crippen LogP contribution in [-0.4, -0.2) is 33.9 Å². The van der Waals surface area contributed by atoms with E-state index in [0.717, 1.165) is 69.5 Å². The van der Waals surface area contributed by atoms with Gasteiger partial charge < -0.3 is 19.6 Å². The second-order valence-electron chi connectivity index (χ2n) is 12.9. The Bertz CT molecular complexity index is 1970. The molecule has 2 bridgehead atoms. The molecule has 0 radical (unpaired) electrons. The molecule has 6 nitrogen and oxygen atoms in total. The smallest absolute Gasteiger partial charge is 0.254 e. The van der Waals surface area contributed by atoms with Crippen molar-refractivity contribution in [2.45, 2.75) is 52.1 Å². The number of hydrogen-bond donors (Lipinski definition) is 1. The molecule has 2 aliphatic carbocycles. The number of halogens is 1. The van der Waals surface area contributed by atoms with E-state index in [-0.39, 0.29) is 5.91 Å². The number of hydrogen-bond acceptors (Lipinski definition) is 3. The van der Waals surface area contributed by atoms with E-state index < -0.39 is 5.91 Å². The molecule has 1 aliphatic heterocycles.